The monoisotopic (exact) mass is 480 g/mol. The van der Waals surface area contributed by atoms with Crippen LogP contribution in [0.5, 0.6) is 0 Å². The Hall–Kier alpha value is -3.42. The number of hydrogen-bond donors (Lipinski definition) is 1. The Bertz CT molecular complexity index is 1070. The first kappa shape index (κ1) is 24.7. The molecule has 2 fully saturated rings. The van der Waals surface area contributed by atoms with Crippen LogP contribution in [0.1, 0.15) is 40.0 Å². The van der Waals surface area contributed by atoms with E-state index in [2.05, 4.69) is 10.2 Å². The molecule has 35 heavy (non-hydrogen) atoms. The third-order valence-corrected chi connectivity index (χ3v) is 6.67. The van der Waals surface area contributed by atoms with Gasteiger partial charge in [0.1, 0.15) is 17.9 Å². The summed E-state index contributed by atoms with van der Waals surface area (Å²) in [5.41, 5.74) is 0.496. The first-order chi connectivity index (χ1) is 16.6. The molecule has 0 aromatic heterocycles. The number of anilines is 2. The van der Waals surface area contributed by atoms with Crippen LogP contribution in [0.2, 0.25) is 0 Å². The van der Waals surface area contributed by atoms with Crippen molar-refractivity contribution < 1.29 is 18.8 Å². The van der Waals surface area contributed by atoms with Crippen molar-refractivity contribution in [2.45, 2.75) is 45.6 Å². The standard InChI is InChI=1S/C27H33FN4O3/c1-26(2,3)17-24(34)30-15-13-27(14-16-30)25(35)31(19-32(27)22-7-5-4-6-8-22)18-23(33)29-21-11-9-20(28)10-12-21/h4-12H,13-19H2,1-3H3,(H,29,33). The Kier molecular flexibility index (Phi) is 6.83. The fraction of sp³-hybridized carbons (Fsp3) is 0.444. The second kappa shape index (κ2) is 9.68. The van der Waals surface area contributed by atoms with Gasteiger partial charge in [-0.05, 0) is 54.7 Å². The molecule has 2 aliphatic heterocycles. The molecule has 3 amide bonds. The van der Waals surface area contributed by atoms with Crippen LogP contribution >= 0.6 is 0 Å². The minimum Gasteiger partial charge on any atom is -0.342 e. The highest BCUT2D eigenvalue weighted by molar-refractivity contribution is 5.99. The van der Waals surface area contributed by atoms with E-state index in [0.717, 1.165) is 5.69 Å². The minimum absolute atomic E-state index is 0.0971. The van der Waals surface area contributed by atoms with Gasteiger partial charge in [-0.3, -0.25) is 14.4 Å². The molecule has 8 heteroatoms. The Labute approximate surface area is 205 Å². The molecule has 2 aliphatic rings. The second-order valence-electron chi connectivity index (χ2n) is 10.6. The van der Waals surface area contributed by atoms with E-state index in [-0.39, 0.29) is 42.2 Å². The van der Waals surface area contributed by atoms with Crippen LogP contribution in [-0.2, 0) is 14.4 Å². The van der Waals surface area contributed by atoms with Crippen LogP contribution in [0.3, 0.4) is 0 Å². The lowest BCUT2D eigenvalue weighted by atomic mass is 9.84. The number of halogens is 1. The largest absolute Gasteiger partial charge is 0.342 e. The number of nitrogens with zero attached hydrogens (tertiary/aromatic N) is 3. The van der Waals surface area contributed by atoms with E-state index in [1.165, 1.54) is 24.3 Å². The van der Waals surface area contributed by atoms with E-state index < -0.39 is 5.54 Å². The molecule has 0 radical (unpaired) electrons. The highest BCUT2D eigenvalue weighted by atomic mass is 19.1. The van der Waals surface area contributed by atoms with Crippen molar-refractivity contribution in [3.63, 3.8) is 0 Å². The molecule has 2 aromatic carbocycles. The molecule has 0 saturated carbocycles. The zero-order valence-corrected chi connectivity index (χ0v) is 20.6. The first-order valence-electron chi connectivity index (χ1n) is 12.0. The molecule has 186 valence electrons. The third-order valence-electron chi connectivity index (χ3n) is 6.67. The Morgan fingerprint density at radius 1 is 1.00 bits per heavy atom. The fourth-order valence-electron chi connectivity index (χ4n) is 4.92. The lowest BCUT2D eigenvalue weighted by Crippen LogP contribution is -2.57. The summed E-state index contributed by atoms with van der Waals surface area (Å²) in [5.74, 6) is -0.712. The summed E-state index contributed by atoms with van der Waals surface area (Å²) in [6, 6.07) is 15.2. The van der Waals surface area contributed by atoms with Crippen LogP contribution in [0, 0.1) is 11.2 Å². The van der Waals surface area contributed by atoms with Gasteiger partial charge < -0.3 is 20.0 Å². The van der Waals surface area contributed by atoms with Crippen molar-refractivity contribution in [2.75, 3.05) is 36.5 Å². The van der Waals surface area contributed by atoms with E-state index in [0.29, 0.717) is 38.0 Å². The summed E-state index contributed by atoms with van der Waals surface area (Å²) in [6.07, 6.45) is 1.48. The lowest BCUT2D eigenvalue weighted by Gasteiger charge is -2.43. The summed E-state index contributed by atoms with van der Waals surface area (Å²) < 4.78 is 13.2. The molecular weight excluding hydrogens is 447 g/mol. The summed E-state index contributed by atoms with van der Waals surface area (Å²) in [6.45, 7) is 7.32. The van der Waals surface area contributed by atoms with Gasteiger partial charge in [-0.1, -0.05) is 39.0 Å². The fourth-order valence-corrected chi connectivity index (χ4v) is 4.92. The topological polar surface area (TPSA) is 73.0 Å². The molecule has 2 heterocycles. The lowest BCUT2D eigenvalue weighted by molar-refractivity contribution is -0.140. The van der Waals surface area contributed by atoms with Crippen molar-refractivity contribution in [1.82, 2.24) is 9.80 Å². The van der Waals surface area contributed by atoms with Gasteiger partial charge in [-0.15, -0.1) is 0 Å². The number of hydrogen-bond acceptors (Lipinski definition) is 4. The number of para-hydroxylation sites is 1. The van der Waals surface area contributed by atoms with E-state index in [1.54, 1.807) is 4.90 Å². The molecule has 2 saturated heterocycles. The van der Waals surface area contributed by atoms with Gasteiger partial charge in [-0.2, -0.15) is 0 Å². The van der Waals surface area contributed by atoms with E-state index in [1.807, 2.05) is 56.0 Å². The van der Waals surface area contributed by atoms with Gasteiger partial charge in [0, 0.05) is 30.9 Å². The number of piperidine rings is 1. The predicted molar refractivity (Wildman–Crippen MR) is 133 cm³/mol. The third kappa shape index (κ3) is 5.47. The molecule has 1 spiro atoms. The number of benzene rings is 2. The normalized spacial score (nSPS) is 17.7. The van der Waals surface area contributed by atoms with Crippen molar-refractivity contribution in [1.29, 1.82) is 0 Å². The van der Waals surface area contributed by atoms with Crippen LogP contribution in [-0.4, -0.2) is 59.4 Å². The molecule has 2 aromatic rings. The average molecular weight is 481 g/mol. The number of carbonyl (C=O) groups excluding carboxylic acids is 3. The maximum absolute atomic E-state index is 13.8. The van der Waals surface area contributed by atoms with Crippen molar-refractivity contribution in [2.24, 2.45) is 5.41 Å². The van der Waals surface area contributed by atoms with Crippen LogP contribution in [0.25, 0.3) is 0 Å². The van der Waals surface area contributed by atoms with E-state index in [9.17, 15) is 18.8 Å². The average Bonchev–Trinajstić information content (AvgIpc) is 3.06. The number of amides is 3. The van der Waals surface area contributed by atoms with Crippen molar-refractivity contribution >= 4 is 29.1 Å². The summed E-state index contributed by atoms with van der Waals surface area (Å²) in [5, 5.41) is 2.74. The molecule has 1 N–H and O–H groups in total. The van der Waals surface area contributed by atoms with Gasteiger partial charge in [0.25, 0.3) is 5.91 Å². The van der Waals surface area contributed by atoms with E-state index in [4.69, 9.17) is 0 Å². The first-order valence-corrected chi connectivity index (χ1v) is 12.0. The molecule has 7 nitrogen and oxygen atoms in total. The van der Waals surface area contributed by atoms with Gasteiger partial charge in [-0.25, -0.2) is 4.39 Å². The minimum atomic E-state index is -0.796. The summed E-state index contributed by atoms with van der Waals surface area (Å²) in [7, 11) is 0. The highest BCUT2D eigenvalue weighted by Crippen LogP contribution is 2.39. The van der Waals surface area contributed by atoms with Crippen molar-refractivity contribution in [3.8, 4) is 0 Å². The molecule has 0 aliphatic carbocycles. The Morgan fingerprint density at radius 2 is 1.63 bits per heavy atom. The van der Waals surface area contributed by atoms with Gasteiger partial charge in [0.2, 0.25) is 11.8 Å². The maximum Gasteiger partial charge on any atom is 0.250 e. The quantitative estimate of drug-likeness (QED) is 0.705. The summed E-state index contributed by atoms with van der Waals surface area (Å²) >= 11 is 0. The molecular formula is C27H33FN4O3. The van der Waals surface area contributed by atoms with Crippen LogP contribution in [0.15, 0.2) is 54.6 Å². The van der Waals surface area contributed by atoms with Gasteiger partial charge >= 0.3 is 0 Å². The highest BCUT2D eigenvalue weighted by Gasteiger charge is 2.54. The van der Waals surface area contributed by atoms with Crippen LogP contribution in [0.4, 0.5) is 15.8 Å². The second-order valence-corrected chi connectivity index (χ2v) is 10.6. The number of nitrogens with one attached hydrogen (secondary N) is 1. The number of carbonyl (C=O) groups is 3. The zero-order chi connectivity index (χ0) is 25.2. The predicted octanol–water partition coefficient (Wildman–Crippen LogP) is 3.87. The van der Waals surface area contributed by atoms with Crippen LogP contribution < -0.4 is 10.2 Å². The number of rotatable bonds is 5. The Morgan fingerprint density at radius 3 is 2.23 bits per heavy atom. The molecule has 0 unspecified atom stereocenters. The van der Waals surface area contributed by atoms with Crippen molar-refractivity contribution in [3.05, 3.63) is 60.4 Å². The molecule has 4 rings (SSSR count). The smallest absolute Gasteiger partial charge is 0.250 e. The SMILES string of the molecule is CC(C)(C)CC(=O)N1CCC2(CC1)C(=O)N(CC(=O)Nc1ccc(F)cc1)CN2c1ccccc1. The molecule has 0 atom stereocenters. The zero-order valence-electron chi connectivity index (χ0n) is 20.6. The van der Waals surface area contributed by atoms with E-state index >= 15 is 0 Å². The molecule has 0 bridgehead atoms. The maximum atomic E-state index is 13.8. The number of likely N-dealkylation sites (tertiary alicyclic amines) is 1. The van der Waals surface area contributed by atoms with Gasteiger partial charge in [0.05, 0.1) is 6.67 Å². The summed E-state index contributed by atoms with van der Waals surface area (Å²) in [4.78, 5) is 44.8. The van der Waals surface area contributed by atoms with Gasteiger partial charge in [0.15, 0.2) is 0 Å². The Balaban J connectivity index is 1.50.